The molecule has 0 spiro atoms. The number of nitrogens with two attached hydrogens (primary N) is 1. The molecule has 3 rings (SSSR count). The van der Waals surface area contributed by atoms with Gasteiger partial charge in [-0.25, -0.2) is 0 Å². The van der Waals surface area contributed by atoms with Crippen molar-refractivity contribution in [1.82, 2.24) is 5.32 Å². The molecule has 1 aromatic carbocycles. The molecule has 3 atom stereocenters. The molecule has 1 saturated heterocycles. The van der Waals surface area contributed by atoms with E-state index < -0.39 is 11.9 Å². The van der Waals surface area contributed by atoms with Gasteiger partial charge in [0.25, 0.3) is 5.91 Å². The van der Waals surface area contributed by atoms with Crippen molar-refractivity contribution in [2.24, 2.45) is 10.8 Å². The molecule has 7 heteroatoms. The van der Waals surface area contributed by atoms with E-state index in [-0.39, 0.29) is 24.5 Å². The highest BCUT2D eigenvalue weighted by atomic mass is 16.5. The summed E-state index contributed by atoms with van der Waals surface area (Å²) in [7, 11) is 0. The maximum Gasteiger partial charge on any atom is 0.267 e. The van der Waals surface area contributed by atoms with E-state index in [0.717, 1.165) is 25.1 Å². The molecule has 3 N–H and O–H groups in total. The fourth-order valence-corrected chi connectivity index (χ4v) is 3.07. The first-order valence-electron chi connectivity index (χ1n) is 8.20. The van der Waals surface area contributed by atoms with E-state index in [1.165, 1.54) is 5.01 Å². The van der Waals surface area contributed by atoms with E-state index >= 15 is 0 Å². The Morgan fingerprint density at radius 2 is 2.12 bits per heavy atom. The zero-order chi connectivity index (χ0) is 17.1. The zero-order valence-electron chi connectivity index (χ0n) is 13.6. The predicted octanol–water partition coefficient (Wildman–Crippen LogP) is 0.790. The van der Waals surface area contributed by atoms with Crippen LogP contribution in [-0.2, 0) is 14.3 Å². The third kappa shape index (κ3) is 3.41. The Morgan fingerprint density at radius 1 is 1.38 bits per heavy atom. The van der Waals surface area contributed by atoms with Crippen molar-refractivity contribution in [3.05, 3.63) is 30.3 Å². The van der Waals surface area contributed by atoms with Crippen molar-refractivity contribution < 1.29 is 14.3 Å². The van der Waals surface area contributed by atoms with Crippen LogP contribution in [-0.4, -0.2) is 42.3 Å². The number of para-hydroxylation sites is 1. The van der Waals surface area contributed by atoms with Crippen LogP contribution in [0.3, 0.4) is 0 Å². The van der Waals surface area contributed by atoms with E-state index in [4.69, 9.17) is 10.5 Å². The first-order chi connectivity index (χ1) is 11.6. The van der Waals surface area contributed by atoms with Gasteiger partial charge in [0, 0.05) is 13.0 Å². The SMILES string of the molecule is CC(NC(=O)C1=NN(c2ccccc2)C(C(N)=O)C1)C1CCCO1. The van der Waals surface area contributed by atoms with Gasteiger partial charge in [-0.3, -0.25) is 14.6 Å². The van der Waals surface area contributed by atoms with Gasteiger partial charge >= 0.3 is 0 Å². The standard InChI is InChI=1S/C17H22N4O3/c1-11(15-8-5-9-24-15)19-17(23)13-10-14(16(18)22)21(20-13)12-6-3-2-4-7-12/h2-4,6-7,11,14-15H,5,8-10H2,1H3,(H2,18,22)(H,19,23). The number of primary amides is 1. The number of amides is 2. The Morgan fingerprint density at radius 3 is 2.75 bits per heavy atom. The first kappa shape index (κ1) is 16.4. The van der Waals surface area contributed by atoms with E-state index in [1.54, 1.807) is 0 Å². The molecule has 1 fully saturated rings. The van der Waals surface area contributed by atoms with Crippen LogP contribution in [0.4, 0.5) is 5.69 Å². The highest BCUT2D eigenvalue weighted by molar-refractivity contribution is 6.40. The molecular weight excluding hydrogens is 308 g/mol. The minimum absolute atomic E-state index is 0.0353. The predicted molar refractivity (Wildman–Crippen MR) is 90.5 cm³/mol. The van der Waals surface area contributed by atoms with Crippen molar-refractivity contribution in [3.8, 4) is 0 Å². The maximum atomic E-state index is 12.5. The fraction of sp³-hybridized carbons (Fsp3) is 0.471. The molecule has 0 aromatic heterocycles. The van der Waals surface area contributed by atoms with Crippen LogP contribution in [0.15, 0.2) is 35.4 Å². The van der Waals surface area contributed by atoms with Gasteiger partial charge in [0.1, 0.15) is 11.8 Å². The average Bonchev–Trinajstić information content (AvgIpc) is 3.25. The van der Waals surface area contributed by atoms with Crippen LogP contribution in [0.5, 0.6) is 0 Å². The molecule has 2 aliphatic heterocycles. The van der Waals surface area contributed by atoms with Crippen LogP contribution in [0.25, 0.3) is 0 Å². The summed E-state index contributed by atoms with van der Waals surface area (Å²) in [6.07, 6.45) is 2.19. The number of nitrogens with zero attached hydrogens (tertiary/aromatic N) is 2. The van der Waals surface area contributed by atoms with Gasteiger partial charge in [-0.05, 0) is 31.9 Å². The smallest absolute Gasteiger partial charge is 0.267 e. The molecular formula is C17H22N4O3. The number of anilines is 1. The zero-order valence-corrected chi connectivity index (χ0v) is 13.6. The molecule has 0 aliphatic carbocycles. The van der Waals surface area contributed by atoms with Crippen LogP contribution in [0.1, 0.15) is 26.2 Å². The van der Waals surface area contributed by atoms with Crippen molar-refractivity contribution in [2.45, 2.75) is 44.4 Å². The van der Waals surface area contributed by atoms with Crippen molar-refractivity contribution in [1.29, 1.82) is 0 Å². The number of rotatable bonds is 5. The highest BCUT2D eigenvalue weighted by Crippen LogP contribution is 2.24. The Kier molecular flexibility index (Phi) is 4.80. The lowest BCUT2D eigenvalue weighted by molar-refractivity contribution is -0.119. The van der Waals surface area contributed by atoms with Crippen LogP contribution in [0.2, 0.25) is 0 Å². The lowest BCUT2D eigenvalue weighted by atomic mass is 10.1. The Labute approximate surface area is 140 Å². The van der Waals surface area contributed by atoms with Crippen molar-refractivity contribution in [3.63, 3.8) is 0 Å². The fourth-order valence-electron chi connectivity index (χ4n) is 3.07. The molecule has 2 aliphatic rings. The minimum atomic E-state index is -0.647. The largest absolute Gasteiger partial charge is 0.376 e. The first-order valence-corrected chi connectivity index (χ1v) is 8.20. The van der Waals surface area contributed by atoms with Crippen LogP contribution < -0.4 is 16.1 Å². The second-order valence-corrected chi connectivity index (χ2v) is 6.16. The van der Waals surface area contributed by atoms with Gasteiger partial charge in [-0.15, -0.1) is 0 Å². The van der Waals surface area contributed by atoms with E-state index in [9.17, 15) is 9.59 Å². The second-order valence-electron chi connectivity index (χ2n) is 6.16. The van der Waals surface area contributed by atoms with Crippen LogP contribution >= 0.6 is 0 Å². The van der Waals surface area contributed by atoms with Gasteiger partial charge in [0.15, 0.2) is 0 Å². The Hall–Kier alpha value is -2.41. The molecule has 3 unspecified atom stereocenters. The summed E-state index contributed by atoms with van der Waals surface area (Å²) < 4.78 is 5.59. The van der Waals surface area contributed by atoms with Gasteiger partial charge in [0.05, 0.1) is 17.8 Å². The Balaban J connectivity index is 1.72. The topological polar surface area (TPSA) is 97.0 Å². The summed E-state index contributed by atoms with van der Waals surface area (Å²) in [6.45, 7) is 2.65. The van der Waals surface area contributed by atoms with E-state index in [0.29, 0.717) is 5.71 Å². The van der Waals surface area contributed by atoms with Crippen molar-refractivity contribution >= 4 is 23.2 Å². The Bertz CT molecular complexity index is 640. The summed E-state index contributed by atoms with van der Waals surface area (Å²) in [5.74, 6) is -0.778. The maximum absolute atomic E-state index is 12.5. The van der Waals surface area contributed by atoms with E-state index in [1.807, 2.05) is 37.3 Å². The summed E-state index contributed by atoms with van der Waals surface area (Å²) in [5.41, 5.74) is 6.53. The summed E-state index contributed by atoms with van der Waals surface area (Å²) >= 11 is 0. The van der Waals surface area contributed by atoms with Crippen LogP contribution in [0, 0.1) is 0 Å². The lowest BCUT2D eigenvalue weighted by Crippen LogP contribution is -2.44. The number of carbonyl (C=O) groups excluding carboxylic acids is 2. The number of ether oxygens (including phenoxy) is 1. The molecule has 0 radical (unpaired) electrons. The molecule has 2 heterocycles. The molecule has 2 amide bonds. The van der Waals surface area contributed by atoms with E-state index in [2.05, 4.69) is 10.4 Å². The third-order valence-electron chi connectivity index (χ3n) is 4.40. The highest BCUT2D eigenvalue weighted by Gasteiger charge is 2.35. The summed E-state index contributed by atoms with van der Waals surface area (Å²) in [5, 5.41) is 8.78. The summed E-state index contributed by atoms with van der Waals surface area (Å²) in [4.78, 5) is 24.2. The number of carbonyl (C=O) groups is 2. The van der Waals surface area contributed by atoms with Gasteiger partial charge in [-0.2, -0.15) is 5.10 Å². The minimum Gasteiger partial charge on any atom is -0.376 e. The van der Waals surface area contributed by atoms with Gasteiger partial charge < -0.3 is 15.8 Å². The molecule has 0 bridgehead atoms. The quantitative estimate of drug-likeness (QED) is 0.834. The molecule has 24 heavy (non-hydrogen) atoms. The molecule has 128 valence electrons. The normalized spacial score (nSPS) is 24.5. The number of benzene rings is 1. The average molecular weight is 330 g/mol. The summed E-state index contributed by atoms with van der Waals surface area (Å²) in [6, 6.07) is 8.48. The number of hydrogen-bond acceptors (Lipinski definition) is 5. The number of hydrogen-bond donors (Lipinski definition) is 2. The number of nitrogens with one attached hydrogen (secondary N) is 1. The molecule has 1 aromatic rings. The van der Waals surface area contributed by atoms with Gasteiger partial charge in [-0.1, -0.05) is 18.2 Å². The molecule has 0 saturated carbocycles. The van der Waals surface area contributed by atoms with Crippen molar-refractivity contribution in [2.75, 3.05) is 11.6 Å². The third-order valence-corrected chi connectivity index (χ3v) is 4.40. The van der Waals surface area contributed by atoms with Gasteiger partial charge in [0.2, 0.25) is 5.91 Å². The monoisotopic (exact) mass is 330 g/mol. The number of hydrazone groups is 1. The second kappa shape index (κ2) is 7.00. The molecule has 7 nitrogen and oxygen atoms in total. The lowest BCUT2D eigenvalue weighted by Gasteiger charge is -2.20.